The molecule has 1 aromatic carbocycles. The number of nitrogens with two attached hydrogens (primary N) is 1. The summed E-state index contributed by atoms with van der Waals surface area (Å²) in [5.41, 5.74) is 6.47. The molecule has 2 rings (SSSR count). The van der Waals surface area contributed by atoms with E-state index in [1.807, 2.05) is 0 Å². The van der Waals surface area contributed by atoms with Crippen molar-refractivity contribution in [2.45, 2.75) is 19.5 Å². The summed E-state index contributed by atoms with van der Waals surface area (Å²) >= 11 is 0. The molecule has 1 aromatic heterocycles. The van der Waals surface area contributed by atoms with E-state index in [1.54, 1.807) is 30.1 Å². The lowest BCUT2D eigenvalue weighted by molar-refractivity contribution is 0.618. The number of rotatable bonds is 3. The normalized spacial score (nSPS) is 12.1. The third-order valence-electron chi connectivity index (χ3n) is 2.46. The number of nitrogens with zero attached hydrogens (tertiary/aromatic N) is 4. The fourth-order valence-electron chi connectivity index (χ4n) is 1.54. The lowest BCUT2D eigenvalue weighted by Crippen LogP contribution is -2.08. The molecule has 5 nitrogen and oxygen atoms in total. The van der Waals surface area contributed by atoms with Crippen LogP contribution in [0, 0.1) is 17.1 Å². The molecule has 92 valence electrons. The Bertz CT molecular complexity index is 597. The molecule has 2 aromatic rings. The van der Waals surface area contributed by atoms with Crippen LogP contribution >= 0.6 is 0 Å². The van der Waals surface area contributed by atoms with Gasteiger partial charge in [-0.05, 0) is 24.6 Å². The number of nitriles is 1. The van der Waals surface area contributed by atoms with Crippen LogP contribution in [0.15, 0.2) is 24.5 Å². The van der Waals surface area contributed by atoms with Crippen LogP contribution in [-0.2, 0) is 6.54 Å². The van der Waals surface area contributed by atoms with Crippen LogP contribution in [0.5, 0.6) is 0 Å². The molecule has 2 N–H and O–H groups in total. The van der Waals surface area contributed by atoms with Gasteiger partial charge in [-0.3, -0.25) is 0 Å². The quantitative estimate of drug-likeness (QED) is 0.885. The van der Waals surface area contributed by atoms with E-state index in [1.165, 1.54) is 12.1 Å². The van der Waals surface area contributed by atoms with Gasteiger partial charge in [-0.1, -0.05) is 6.07 Å². The molecule has 0 saturated carbocycles. The number of halogens is 1. The summed E-state index contributed by atoms with van der Waals surface area (Å²) in [5, 5.41) is 12.9. The summed E-state index contributed by atoms with van der Waals surface area (Å²) in [6, 6.07) is 5.97. The molecule has 18 heavy (non-hydrogen) atoms. The van der Waals surface area contributed by atoms with Crippen molar-refractivity contribution < 1.29 is 4.39 Å². The molecule has 6 heteroatoms. The van der Waals surface area contributed by atoms with Crippen LogP contribution in [0.2, 0.25) is 0 Å². The van der Waals surface area contributed by atoms with Crippen molar-refractivity contribution in [3.05, 3.63) is 47.3 Å². The number of aromatic nitrogens is 3. The largest absolute Gasteiger partial charge is 0.321 e. The van der Waals surface area contributed by atoms with E-state index >= 15 is 0 Å². The summed E-state index contributed by atoms with van der Waals surface area (Å²) in [4.78, 5) is 4.06. The van der Waals surface area contributed by atoms with Crippen molar-refractivity contribution >= 4 is 0 Å². The Labute approximate surface area is 104 Å². The molecular weight excluding hydrogens is 233 g/mol. The molecule has 0 aliphatic rings. The highest BCUT2D eigenvalue weighted by molar-refractivity contribution is 5.34. The molecule has 0 saturated heterocycles. The minimum absolute atomic E-state index is 0.0278. The van der Waals surface area contributed by atoms with Gasteiger partial charge in [0.05, 0.1) is 18.2 Å². The first-order valence-electron chi connectivity index (χ1n) is 5.43. The van der Waals surface area contributed by atoms with E-state index < -0.39 is 5.82 Å². The summed E-state index contributed by atoms with van der Waals surface area (Å²) in [6.07, 6.45) is 1.56. The Kier molecular flexibility index (Phi) is 3.35. The van der Waals surface area contributed by atoms with Gasteiger partial charge in [0.15, 0.2) is 5.82 Å². The van der Waals surface area contributed by atoms with Crippen LogP contribution in [0.1, 0.15) is 29.9 Å². The first-order valence-corrected chi connectivity index (χ1v) is 5.43. The van der Waals surface area contributed by atoms with Crippen molar-refractivity contribution in [1.29, 1.82) is 5.26 Å². The van der Waals surface area contributed by atoms with Crippen molar-refractivity contribution in [1.82, 2.24) is 14.8 Å². The fourth-order valence-corrected chi connectivity index (χ4v) is 1.54. The Morgan fingerprint density at radius 1 is 1.56 bits per heavy atom. The van der Waals surface area contributed by atoms with Gasteiger partial charge in [-0.25, -0.2) is 14.1 Å². The molecule has 1 atom stereocenters. The highest BCUT2D eigenvalue weighted by Gasteiger charge is 2.07. The van der Waals surface area contributed by atoms with Crippen molar-refractivity contribution in [3.63, 3.8) is 0 Å². The molecular formula is C12H12FN5. The third kappa shape index (κ3) is 2.52. The number of hydrogen-bond acceptors (Lipinski definition) is 4. The van der Waals surface area contributed by atoms with Crippen LogP contribution in [0.4, 0.5) is 4.39 Å². The van der Waals surface area contributed by atoms with E-state index in [0.29, 0.717) is 12.4 Å². The Morgan fingerprint density at radius 2 is 2.33 bits per heavy atom. The predicted molar refractivity (Wildman–Crippen MR) is 62.8 cm³/mol. The first-order chi connectivity index (χ1) is 8.60. The SMILES string of the molecule is CC(N)c1ncn(Cc2ccc(F)c(C#N)c2)n1. The van der Waals surface area contributed by atoms with Crippen LogP contribution in [0.25, 0.3) is 0 Å². The first kappa shape index (κ1) is 12.2. The van der Waals surface area contributed by atoms with Gasteiger partial charge in [-0.15, -0.1) is 0 Å². The lowest BCUT2D eigenvalue weighted by atomic mass is 10.1. The van der Waals surface area contributed by atoms with Gasteiger partial charge in [-0.2, -0.15) is 10.4 Å². The Balaban J connectivity index is 2.21. The van der Waals surface area contributed by atoms with E-state index in [-0.39, 0.29) is 11.6 Å². The number of benzene rings is 1. The van der Waals surface area contributed by atoms with Crippen LogP contribution in [0.3, 0.4) is 0 Å². The topological polar surface area (TPSA) is 80.5 Å². The minimum Gasteiger partial charge on any atom is -0.321 e. The zero-order chi connectivity index (χ0) is 13.1. The van der Waals surface area contributed by atoms with Gasteiger partial charge in [0.2, 0.25) is 0 Å². The Morgan fingerprint density at radius 3 is 2.94 bits per heavy atom. The fraction of sp³-hybridized carbons (Fsp3) is 0.250. The zero-order valence-electron chi connectivity index (χ0n) is 9.84. The second-order valence-corrected chi connectivity index (χ2v) is 4.02. The summed E-state index contributed by atoms with van der Waals surface area (Å²) < 4.78 is 14.7. The molecule has 0 fully saturated rings. The van der Waals surface area contributed by atoms with Gasteiger partial charge in [0, 0.05) is 0 Å². The lowest BCUT2D eigenvalue weighted by Gasteiger charge is -2.02. The smallest absolute Gasteiger partial charge is 0.166 e. The Hall–Kier alpha value is -2.26. The van der Waals surface area contributed by atoms with Gasteiger partial charge < -0.3 is 5.73 Å². The van der Waals surface area contributed by atoms with Crippen LogP contribution in [-0.4, -0.2) is 14.8 Å². The molecule has 0 aliphatic heterocycles. The summed E-state index contributed by atoms with van der Waals surface area (Å²) in [5.74, 6) is 0.0359. The molecule has 0 radical (unpaired) electrons. The van der Waals surface area contributed by atoms with E-state index in [4.69, 9.17) is 11.0 Å². The molecule has 0 bridgehead atoms. The summed E-state index contributed by atoms with van der Waals surface area (Å²) in [6.45, 7) is 2.22. The molecule has 0 aliphatic carbocycles. The van der Waals surface area contributed by atoms with E-state index in [0.717, 1.165) is 5.56 Å². The second kappa shape index (κ2) is 4.94. The average Bonchev–Trinajstić information content (AvgIpc) is 2.80. The minimum atomic E-state index is -0.517. The van der Waals surface area contributed by atoms with Gasteiger partial charge in [0.25, 0.3) is 0 Å². The maximum atomic E-state index is 13.1. The molecule has 0 spiro atoms. The van der Waals surface area contributed by atoms with E-state index in [9.17, 15) is 4.39 Å². The van der Waals surface area contributed by atoms with Crippen LogP contribution < -0.4 is 5.73 Å². The van der Waals surface area contributed by atoms with E-state index in [2.05, 4.69) is 10.1 Å². The molecule has 1 unspecified atom stereocenters. The summed E-state index contributed by atoms with van der Waals surface area (Å²) in [7, 11) is 0. The zero-order valence-corrected chi connectivity index (χ0v) is 9.84. The standard InChI is InChI=1S/C12H12FN5/c1-8(15)12-16-7-18(17-12)6-9-2-3-11(13)10(4-9)5-14/h2-4,7-8H,6,15H2,1H3. The van der Waals surface area contributed by atoms with Crippen molar-refractivity contribution in [2.24, 2.45) is 5.73 Å². The van der Waals surface area contributed by atoms with Crippen molar-refractivity contribution in [3.8, 4) is 6.07 Å². The molecule has 1 heterocycles. The highest BCUT2D eigenvalue weighted by atomic mass is 19.1. The third-order valence-corrected chi connectivity index (χ3v) is 2.46. The highest BCUT2D eigenvalue weighted by Crippen LogP contribution is 2.11. The van der Waals surface area contributed by atoms with Gasteiger partial charge >= 0.3 is 0 Å². The number of hydrogen-bond donors (Lipinski definition) is 1. The van der Waals surface area contributed by atoms with Crippen molar-refractivity contribution in [2.75, 3.05) is 0 Å². The van der Waals surface area contributed by atoms with Gasteiger partial charge in [0.1, 0.15) is 18.2 Å². The maximum Gasteiger partial charge on any atom is 0.166 e. The average molecular weight is 245 g/mol. The maximum absolute atomic E-state index is 13.1. The predicted octanol–water partition coefficient (Wildman–Crippen LogP) is 1.36. The molecule has 0 amide bonds. The monoisotopic (exact) mass is 245 g/mol. The second-order valence-electron chi connectivity index (χ2n) is 4.02.